The van der Waals surface area contributed by atoms with Gasteiger partial charge in [0.2, 0.25) is 0 Å². The van der Waals surface area contributed by atoms with E-state index in [0.717, 1.165) is 36.2 Å². The van der Waals surface area contributed by atoms with E-state index in [4.69, 9.17) is 0 Å². The van der Waals surface area contributed by atoms with Gasteiger partial charge in [-0.3, -0.25) is 4.99 Å². The number of thioether (sulfide) groups is 1. The highest BCUT2D eigenvalue weighted by Crippen LogP contribution is 2.30. The highest BCUT2D eigenvalue weighted by molar-refractivity contribution is 8.14. The average molecular weight is 308 g/mol. The molecule has 0 aromatic heterocycles. The van der Waals surface area contributed by atoms with Crippen molar-refractivity contribution in [1.29, 1.82) is 0 Å². The normalized spacial score (nSPS) is 18.1. The van der Waals surface area contributed by atoms with Crippen LogP contribution in [-0.4, -0.2) is 23.5 Å². The Labute approximate surface area is 131 Å². The largest absolute Gasteiger partial charge is 0.365 e. The number of nitrogens with one attached hydrogen (secondary N) is 1. The van der Waals surface area contributed by atoms with Crippen molar-refractivity contribution in [1.82, 2.24) is 5.32 Å². The summed E-state index contributed by atoms with van der Waals surface area (Å²) in [6, 6.07) is 5.01. The minimum Gasteiger partial charge on any atom is -0.365 e. The minimum atomic E-state index is -0.159. The van der Waals surface area contributed by atoms with Crippen LogP contribution in [0.1, 0.15) is 37.8 Å². The van der Waals surface area contributed by atoms with E-state index in [1.54, 1.807) is 6.07 Å². The zero-order chi connectivity index (χ0) is 15.2. The van der Waals surface area contributed by atoms with E-state index in [2.05, 4.69) is 24.2 Å². The molecule has 0 saturated heterocycles. The lowest BCUT2D eigenvalue weighted by molar-refractivity contribution is 0.479. The first kappa shape index (κ1) is 16.3. The van der Waals surface area contributed by atoms with Gasteiger partial charge in [-0.2, -0.15) is 0 Å². The maximum absolute atomic E-state index is 13.1. The number of hydrogen-bond acceptors (Lipinski definition) is 3. The summed E-state index contributed by atoms with van der Waals surface area (Å²) >= 11 is 1.89. The van der Waals surface area contributed by atoms with Gasteiger partial charge in [0, 0.05) is 11.8 Å². The molecule has 1 aliphatic heterocycles. The second-order valence-electron chi connectivity index (χ2n) is 5.63. The Hall–Kier alpha value is -1.03. The van der Waals surface area contributed by atoms with Crippen molar-refractivity contribution in [3.05, 3.63) is 35.1 Å². The summed E-state index contributed by atoms with van der Waals surface area (Å²) in [5, 5.41) is 5.13. The zero-order valence-corrected chi connectivity index (χ0v) is 14.0. The number of amidine groups is 1. The van der Waals surface area contributed by atoms with Gasteiger partial charge in [0.25, 0.3) is 0 Å². The molecule has 1 heterocycles. The van der Waals surface area contributed by atoms with Gasteiger partial charge in [-0.05, 0) is 42.5 Å². The maximum atomic E-state index is 13.1. The van der Waals surface area contributed by atoms with Crippen molar-refractivity contribution in [2.45, 2.75) is 45.3 Å². The molecule has 1 aliphatic rings. The molecule has 1 aromatic rings. The van der Waals surface area contributed by atoms with E-state index in [1.165, 1.54) is 24.5 Å². The molecule has 0 amide bonds. The molecule has 21 heavy (non-hydrogen) atoms. The average Bonchev–Trinajstić information content (AvgIpc) is 2.91. The van der Waals surface area contributed by atoms with E-state index in [-0.39, 0.29) is 5.82 Å². The van der Waals surface area contributed by atoms with Crippen LogP contribution in [0.5, 0.6) is 0 Å². The third-order valence-electron chi connectivity index (χ3n) is 4.23. The van der Waals surface area contributed by atoms with Gasteiger partial charge in [0.05, 0.1) is 6.54 Å². The van der Waals surface area contributed by atoms with Crippen LogP contribution in [0.3, 0.4) is 0 Å². The Balaban J connectivity index is 1.77. The number of halogens is 1. The summed E-state index contributed by atoms with van der Waals surface area (Å²) in [5.41, 5.74) is 2.22. The van der Waals surface area contributed by atoms with Gasteiger partial charge in [-0.1, -0.05) is 44.5 Å². The fourth-order valence-corrected chi connectivity index (χ4v) is 4.14. The van der Waals surface area contributed by atoms with E-state index in [1.807, 2.05) is 24.8 Å². The Morgan fingerprint density at radius 3 is 2.81 bits per heavy atom. The first-order chi connectivity index (χ1) is 10.1. The highest BCUT2D eigenvalue weighted by Gasteiger charge is 2.25. The molecule has 1 aromatic carbocycles. The smallest absolute Gasteiger partial charge is 0.156 e. The van der Waals surface area contributed by atoms with Crippen LogP contribution in [0.25, 0.3) is 0 Å². The van der Waals surface area contributed by atoms with Crippen LogP contribution >= 0.6 is 11.8 Å². The number of benzene rings is 1. The van der Waals surface area contributed by atoms with Gasteiger partial charge in [0.1, 0.15) is 5.82 Å². The molecule has 0 bridgehead atoms. The van der Waals surface area contributed by atoms with Crippen molar-refractivity contribution in [2.75, 3.05) is 13.1 Å². The number of aliphatic imine (C=N–C) groups is 1. The van der Waals surface area contributed by atoms with E-state index < -0.39 is 0 Å². The Morgan fingerprint density at radius 2 is 2.14 bits per heavy atom. The SMILES string of the molecule is CCC(CC)C1CN=C(NCCc2ccc(F)cc2C)S1. The van der Waals surface area contributed by atoms with Gasteiger partial charge in [0.15, 0.2) is 5.17 Å². The molecule has 0 aliphatic carbocycles. The molecular formula is C17H25FN2S. The summed E-state index contributed by atoms with van der Waals surface area (Å²) in [4.78, 5) is 4.61. The second kappa shape index (κ2) is 7.83. The minimum absolute atomic E-state index is 0.159. The monoisotopic (exact) mass is 308 g/mol. The molecule has 1 N–H and O–H groups in total. The van der Waals surface area contributed by atoms with Crippen molar-refractivity contribution in [3.63, 3.8) is 0 Å². The van der Waals surface area contributed by atoms with Crippen molar-refractivity contribution in [2.24, 2.45) is 10.9 Å². The summed E-state index contributed by atoms with van der Waals surface area (Å²) < 4.78 is 13.1. The molecule has 1 atom stereocenters. The fraction of sp³-hybridized carbons (Fsp3) is 0.588. The third kappa shape index (κ3) is 4.47. The first-order valence-electron chi connectivity index (χ1n) is 7.84. The van der Waals surface area contributed by atoms with Gasteiger partial charge in [-0.15, -0.1) is 0 Å². The molecule has 4 heteroatoms. The van der Waals surface area contributed by atoms with Gasteiger partial charge >= 0.3 is 0 Å². The van der Waals surface area contributed by atoms with Crippen LogP contribution in [0.4, 0.5) is 4.39 Å². The van der Waals surface area contributed by atoms with Crippen molar-refractivity contribution < 1.29 is 4.39 Å². The quantitative estimate of drug-likeness (QED) is 0.853. The second-order valence-corrected chi connectivity index (χ2v) is 6.85. The maximum Gasteiger partial charge on any atom is 0.156 e. The van der Waals surface area contributed by atoms with Crippen LogP contribution in [0, 0.1) is 18.7 Å². The van der Waals surface area contributed by atoms with E-state index in [9.17, 15) is 4.39 Å². The molecule has 2 nitrogen and oxygen atoms in total. The van der Waals surface area contributed by atoms with Crippen LogP contribution < -0.4 is 5.32 Å². The molecule has 0 saturated carbocycles. The first-order valence-corrected chi connectivity index (χ1v) is 8.72. The Kier molecular flexibility index (Phi) is 6.09. The molecule has 0 radical (unpaired) electrons. The predicted molar refractivity (Wildman–Crippen MR) is 90.6 cm³/mol. The molecule has 0 fully saturated rings. The third-order valence-corrected chi connectivity index (χ3v) is 5.56. The molecule has 2 rings (SSSR count). The number of rotatable bonds is 6. The van der Waals surface area contributed by atoms with Crippen LogP contribution in [-0.2, 0) is 6.42 Å². The van der Waals surface area contributed by atoms with Gasteiger partial charge < -0.3 is 5.32 Å². The van der Waals surface area contributed by atoms with E-state index >= 15 is 0 Å². The van der Waals surface area contributed by atoms with Crippen LogP contribution in [0.15, 0.2) is 23.2 Å². The molecule has 0 spiro atoms. The fourth-order valence-electron chi connectivity index (χ4n) is 2.79. The zero-order valence-electron chi connectivity index (χ0n) is 13.2. The Bertz CT molecular complexity index is 498. The van der Waals surface area contributed by atoms with Gasteiger partial charge in [-0.25, -0.2) is 4.39 Å². The highest BCUT2D eigenvalue weighted by atomic mass is 32.2. The summed E-state index contributed by atoms with van der Waals surface area (Å²) in [6.07, 6.45) is 3.36. The lowest BCUT2D eigenvalue weighted by Crippen LogP contribution is -2.23. The predicted octanol–water partition coefficient (Wildman–Crippen LogP) is 4.17. The van der Waals surface area contributed by atoms with Crippen molar-refractivity contribution in [3.8, 4) is 0 Å². The molecule has 1 unspecified atom stereocenters. The molecule has 116 valence electrons. The van der Waals surface area contributed by atoms with Crippen molar-refractivity contribution >= 4 is 16.9 Å². The lowest BCUT2D eigenvalue weighted by Gasteiger charge is -2.18. The summed E-state index contributed by atoms with van der Waals surface area (Å²) in [7, 11) is 0. The standard InChI is InChI=1S/C17H25FN2S/c1-4-13(5-2)16-11-20-17(21-16)19-9-8-14-6-7-15(18)10-12(14)3/h6-7,10,13,16H,4-5,8-9,11H2,1-3H3,(H,19,20). The number of aryl methyl sites for hydroxylation is 1. The topological polar surface area (TPSA) is 24.4 Å². The molecular weight excluding hydrogens is 283 g/mol. The Morgan fingerprint density at radius 1 is 1.38 bits per heavy atom. The number of hydrogen-bond donors (Lipinski definition) is 1. The van der Waals surface area contributed by atoms with Crippen LogP contribution in [0.2, 0.25) is 0 Å². The lowest BCUT2D eigenvalue weighted by atomic mass is 9.99. The summed E-state index contributed by atoms with van der Waals surface area (Å²) in [6.45, 7) is 8.28. The summed E-state index contributed by atoms with van der Waals surface area (Å²) in [5.74, 6) is 0.602. The van der Waals surface area contributed by atoms with E-state index in [0.29, 0.717) is 5.25 Å². The number of nitrogens with zero attached hydrogens (tertiary/aromatic N) is 1.